The summed E-state index contributed by atoms with van der Waals surface area (Å²) in [5.41, 5.74) is 3.91. The number of nitrogens with one attached hydrogen (secondary N) is 1. The van der Waals surface area contributed by atoms with Crippen molar-refractivity contribution in [2.75, 3.05) is 41.0 Å². The molecule has 3 N–H and O–H groups in total. The molecule has 5 atom stereocenters. The van der Waals surface area contributed by atoms with Gasteiger partial charge in [-0.3, -0.25) is 14.6 Å². The number of likely N-dealkylation sites (N-methyl/N-ethyl adjacent to an activating group) is 1. The number of furan rings is 1. The van der Waals surface area contributed by atoms with Crippen LogP contribution in [-0.4, -0.2) is 102 Å². The van der Waals surface area contributed by atoms with Crippen molar-refractivity contribution in [2.45, 2.75) is 114 Å². The summed E-state index contributed by atoms with van der Waals surface area (Å²) in [6.07, 6.45) is 3.58. The molecule has 4 aromatic rings. The number of nitriles is 1. The van der Waals surface area contributed by atoms with Gasteiger partial charge in [0.25, 0.3) is 5.91 Å². The molecule has 0 saturated carbocycles. The zero-order valence-corrected chi connectivity index (χ0v) is 35.1. The topological polar surface area (TPSA) is 168 Å². The molecule has 1 amide bonds. The third kappa shape index (κ3) is 5.87. The molecular weight excluding hydrogens is 769 g/mol. The van der Waals surface area contributed by atoms with Crippen molar-refractivity contribution in [1.82, 2.24) is 15.1 Å². The third-order valence-electron chi connectivity index (χ3n) is 13.6. The molecule has 0 radical (unpaired) electrons. The summed E-state index contributed by atoms with van der Waals surface area (Å²) in [7, 11) is 5.28. The number of nitrogens with zero attached hydrogens (tertiary/aromatic N) is 3. The predicted octanol–water partition coefficient (Wildman–Crippen LogP) is 6.05. The Morgan fingerprint density at radius 3 is 2.15 bits per heavy atom. The van der Waals surface area contributed by atoms with Crippen LogP contribution in [-0.2, 0) is 30.4 Å². The van der Waals surface area contributed by atoms with Gasteiger partial charge in [0.05, 0.1) is 45.6 Å². The highest BCUT2D eigenvalue weighted by molar-refractivity contribution is 5.96. The van der Waals surface area contributed by atoms with Gasteiger partial charge in [0.15, 0.2) is 28.8 Å². The normalized spacial score (nSPS) is 26.1. The number of phenols is 2. The van der Waals surface area contributed by atoms with Gasteiger partial charge in [0, 0.05) is 83.1 Å². The molecule has 60 heavy (non-hydrogen) atoms. The Labute approximate surface area is 348 Å². The van der Waals surface area contributed by atoms with Crippen LogP contribution in [0.25, 0.3) is 11.0 Å². The van der Waals surface area contributed by atoms with Crippen molar-refractivity contribution in [3.05, 3.63) is 63.4 Å². The number of aromatic hydroxyl groups is 2. The summed E-state index contributed by atoms with van der Waals surface area (Å²) in [6, 6.07) is 7.30. The van der Waals surface area contributed by atoms with Gasteiger partial charge in [-0.05, 0) is 71.8 Å². The van der Waals surface area contributed by atoms with Crippen LogP contribution < -0.4 is 29.0 Å². The van der Waals surface area contributed by atoms with Crippen LogP contribution in [0.5, 0.6) is 40.2 Å². The molecule has 0 aliphatic carbocycles. The Morgan fingerprint density at radius 1 is 0.900 bits per heavy atom. The first-order chi connectivity index (χ1) is 28.7. The van der Waals surface area contributed by atoms with Crippen LogP contribution >= 0.6 is 0 Å². The van der Waals surface area contributed by atoms with Crippen LogP contribution in [0.2, 0.25) is 0 Å². The molecule has 2 saturated heterocycles. The maximum atomic E-state index is 14.1. The number of fused-ring (bicyclic) bond motifs is 10. The second-order valence-corrected chi connectivity index (χ2v) is 18.4. The summed E-state index contributed by atoms with van der Waals surface area (Å²) >= 11 is 0. The molecule has 6 aliphatic heterocycles. The number of hydrogen-bond donors (Lipinski definition) is 3. The minimum Gasteiger partial charge on any atom is -0.504 e. The molecule has 1 aromatic heterocycles. The van der Waals surface area contributed by atoms with E-state index in [-0.39, 0.29) is 35.9 Å². The standard InChI is InChI=1S/C46H52N4O10/c1-45(2)18-27-40(54-6)25-17-30-37-36-26(41(55-7)28-19-46(3,4)60-43(28)39(36)52)16-29(49(37)5)31(20-47)50(30)32(35(25)38(51)42(27)59-45)21-48-44(53)34-15-22-14-24(8-9-33(22)58-34)57-23-10-12-56-13-11-23/h8-9,14-15,23,29-32,37,51-52H,10-13,16-19,21H2,1-7H3,(H,48,53)/t29-,30-,31-,32-,37-/m0/s1. The molecule has 0 spiro atoms. The highest BCUT2D eigenvalue weighted by Gasteiger charge is 2.58. The first-order valence-corrected chi connectivity index (χ1v) is 20.9. The molecule has 14 nitrogen and oxygen atoms in total. The van der Waals surface area contributed by atoms with Gasteiger partial charge in [0.2, 0.25) is 0 Å². The van der Waals surface area contributed by atoms with Gasteiger partial charge >= 0.3 is 0 Å². The average Bonchev–Trinajstić information content (AvgIpc) is 3.89. The van der Waals surface area contributed by atoms with E-state index in [0.29, 0.717) is 84.4 Å². The number of methoxy groups -OCH3 is 2. The van der Waals surface area contributed by atoms with Crippen LogP contribution in [0.1, 0.15) is 96.6 Å². The van der Waals surface area contributed by atoms with Gasteiger partial charge < -0.3 is 48.4 Å². The molecule has 2 fully saturated rings. The number of hydrogen-bond acceptors (Lipinski definition) is 13. The lowest BCUT2D eigenvalue weighted by atomic mass is 9.71. The smallest absolute Gasteiger partial charge is 0.287 e. The first-order valence-electron chi connectivity index (χ1n) is 20.9. The van der Waals surface area contributed by atoms with Gasteiger partial charge in [0.1, 0.15) is 46.2 Å². The fourth-order valence-electron chi connectivity index (χ4n) is 11.2. The number of piperazine rings is 1. The van der Waals surface area contributed by atoms with E-state index in [4.69, 9.17) is 32.8 Å². The number of ether oxygens (including phenoxy) is 6. The zero-order valence-electron chi connectivity index (χ0n) is 35.1. The number of phenolic OH excluding ortho intramolecular Hbond substituents is 2. The average molecular weight is 821 g/mol. The monoisotopic (exact) mass is 820 g/mol. The fraction of sp³-hybridized carbons (Fsp3) is 0.522. The van der Waals surface area contributed by atoms with Crippen molar-refractivity contribution in [1.29, 1.82) is 5.26 Å². The minimum atomic E-state index is -0.711. The number of carbonyl (C=O) groups is 1. The van der Waals surface area contributed by atoms with E-state index in [0.717, 1.165) is 40.5 Å². The van der Waals surface area contributed by atoms with Gasteiger partial charge in [-0.15, -0.1) is 0 Å². The van der Waals surface area contributed by atoms with Crippen LogP contribution in [0.15, 0.2) is 28.7 Å². The second-order valence-electron chi connectivity index (χ2n) is 18.4. The molecule has 0 unspecified atom stereocenters. The minimum absolute atomic E-state index is 0.0152. The third-order valence-corrected chi connectivity index (χ3v) is 13.6. The summed E-state index contributed by atoms with van der Waals surface area (Å²) in [5, 5.41) is 39.6. The fourth-order valence-corrected chi connectivity index (χ4v) is 11.2. The van der Waals surface area contributed by atoms with Crippen molar-refractivity contribution in [3.8, 4) is 46.3 Å². The molecule has 10 rings (SSSR count). The van der Waals surface area contributed by atoms with Gasteiger partial charge in [-0.25, -0.2) is 0 Å². The summed E-state index contributed by atoms with van der Waals surface area (Å²) in [4.78, 5) is 18.5. The maximum Gasteiger partial charge on any atom is 0.287 e. The Hall–Kier alpha value is -5.36. The maximum absolute atomic E-state index is 14.1. The Morgan fingerprint density at radius 2 is 1.52 bits per heavy atom. The highest BCUT2D eigenvalue weighted by Crippen LogP contribution is 2.61. The summed E-state index contributed by atoms with van der Waals surface area (Å²) in [5.74, 6) is 2.52. The Bertz CT molecular complexity index is 2480. The number of rotatable bonds is 7. The SMILES string of the molecule is COc1c2c(c(O)c3c1C[C@H]1[C@H](C#N)N4[C@@H](CNC(=O)c5cc6cc(OC7CCOCC7)ccc6o5)c5c(O)c6c(c(OC)c5C[C@H]4[C@@H]3N1C)CC(C)(C)O6)OC(C)(C)C2. The van der Waals surface area contributed by atoms with Crippen molar-refractivity contribution in [3.63, 3.8) is 0 Å². The van der Waals surface area contributed by atoms with Crippen LogP contribution in [0.4, 0.5) is 0 Å². The van der Waals surface area contributed by atoms with Crippen molar-refractivity contribution >= 4 is 16.9 Å². The van der Waals surface area contributed by atoms with Crippen LogP contribution in [0, 0.1) is 11.3 Å². The molecular formula is C46H52N4O10. The van der Waals surface area contributed by atoms with Gasteiger partial charge in [-0.2, -0.15) is 5.26 Å². The zero-order chi connectivity index (χ0) is 42.0. The molecule has 2 bridgehead atoms. The number of amides is 1. The molecule has 7 heterocycles. The largest absolute Gasteiger partial charge is 0.504 e. The van der Waals surface area contributed by atoms with E-state index in [9.17, 15) is 20.3 Å². The van der Waals surface area contributed by atoms with E-state index >= 15 is 0 Å². The van der Waals surface area contributed by atoms with E-state index in [2.05, 4.69) is 21.2 Å². The van der Waals surface area contributed by atoms with E-state index in [1.54, 1.807) is 26.4 Å². The number of carbonyl (C=O) groups excluding carboxylic acids is 1. The van der Waals surface area contributed by atoms with Crippen LogP contribution in [0.3, 0.4) is 0 Å². The Kier molecular flexibility index (Phi) is 8.95. The van der Waals surface area contributed by atoms with E-state index < -0.39 is 41.3 Å². The quantitative estimate of drug-likeness (QED) is 0.197. The molecule has 3 aromatic carbocycles. The lowest BCUT2D eigenvalue weighted by molar-refractivity contribution is -0.0725. The van der Waals surface area contributed by atoms with Crippen molar-refractivity contribution < 1.29 is 47.8 Å². The Balaban J connectivity index is 1.07. The lowest BCUT2D eigenvalue weighted by Gasteiger charge is -2.60. The van der Waals surface area contributed by atoms with Crippen molar-refractivity contribution in [2.24, 2.45) is 0 Å². The van der Waals surface area contributed by atoms with E-state index in [1.165, 1.54) is 0 Å². The molecule has 14 heteroatoms. The number of benzene rings is 3. The lowest BCUT2D eigenvalue weighted by Crippen LogP contribution is -2.68. The molecule has 6 aliphatic rings. The van der Waals surface area contributed by atoms with Gasteiger partial charge in [-0.1, -0.05) is 0 Å². The second kappa shape index (κ2) is 13.8. The summed E-state index contributed by atoms with van der Waals surface area (Å²) < 4.78 is 42.9. The molecule has 316 valence electrons. The summed E-state index contributed by atoms with van der Waals surface area (Å²) in [6.45, 7) is 9.27. The van der Waals surface area contributed by atoms with E-state index in [1.807, 2.05) is 46.9 Å². The highest BCUT2D eigenvalue weighted by atomic mass is 16.5. The predicted molar refractivity (Wildman–Crippen MR) is 219 cm³/mol. The first kappa shape index (κ1) is 38.8.